The van der Waals surface area contributed by atoms with Crippen LogP contribution in [0.25, 0.3) is 5.69 Å². The Balaban J connectivity index is 1.75. The first-order valence-corrected chi connectivity index (χ1v) is 7.85. The number of carbonyl (C=O) groups excluding carboxylic acids is 1. The number of para-hydroxylation sites is 1. The zero-order chi connectivity index (χ0) is 16.8. The van der Waals surface area contributed by atoms with Crippen LogP contribution in [-0.4, -0.2) is 27.4 Å². The van der Waals surface area contributed by atoms with Gasteiger partial charge in [0.15, 0.2) is 5.69 Å². The minimum atomic E-state index is -0.257. The van der Waals surface area contributed by atoms with Gasteiger partial charge in [0.05, 0.1) is 11.7 Å². The lowest BCUT2D eigenvalue weighted by Crippen LogP contribution is -2.29. The molecule has 0 radical (unpaired) electrons. The van der Waals surface area contributed by atoms with Crippen LogP contribution in [0.1, 0.15) is 28.5 Å². The van der Waals surface area contributed by atoms with E-state index in [1.165, 1.54) is 0 Å². The number of carbonyl (C=O) groups is 1. The number of nitrogens with zero attached hydrogens (tertiary/aromatic N) is 2. The summed E-state index contributed by atoms with van der Waals surface area (Å²) in [5.41, 5.74) is 2.20. The summed E-state index contributed by atoms with van der Waals surface area (Å²) in [6.07, 6.45) is 2.21. The Kier molecular flexibility index (Phi) is 5.03. The van der Waals surface area contributed by atoms with Gasteiger partial charge in [0.2, 0.25) is 0 Å². The van der Waals surface area contributed by atoms with Gasteiger partial charge in [0.1, 0.15) is 0 Å². The third-order valence-electron chi connectivity index (χ3n) is 3.77. The highest BCUT2D eigenvalue weighted by Gasteiger charge is 2.17. The maximum Gasteiger partial charge on any atom is 0.272 e. The van der Waals surface area contributed by atoms with Crippen molar-refractivity contribution < 1.29 is 9.90 Å². The van der Waals surface area contributed by atoms with Gasteiger partial charge in [-0.25, -0.2) is 4.68 Å². The van der Waals surface area contributed by atoms with E-state index in [-0.39, 0.29) is 18.6 Å². The van der Waals surface area contributed by atoms with Crippen LogP contribution in [0, 0.1) is 0 Å². The van der Waals surface area contributed by atoms with Crippen LogP contribution >= 0.6 is 0 Å². The molecule has 122 valence electrons. The first kappa shape index (κ1) is 16.0. The summed E-state index contributed by atoms with van der Waals surface area (Å²) in [4.78, 5) is 12.5. The van der Waals surface area contributed by atoms with E-state index < -0.39 is 0 Å². The van der Waals surface area contributed by atoms with Gasteiger partial charge in [-0.2, -0.15) is 5.10 Å². The van der Waals surface area contributed by atoms with Crippen molar-refractivity contribution >= 4 is 5.91 Å². The Morgan fingerprint density at radius 1 is 1.04 bits per heavy atom. The normalized spacial score (nSPS) is 11.9. The highest BCUT2D eigenvalue weighted by atomic mass is 16.3. The Hall–Kier alpha value is -2.92. The molecule has 5 heteroatoms. The van der Waals surface area contributed by atoms with E-state index in [0.29, 0.717) is 12.1 Å². The molecule has 2 N–H and O–H groups in total. The van der Waals surface area contributed by atoms with E-state index in [1.807, 2.05) is 60.7 Å². The number of benzene rings is 2. The zero-order valence-electron chi connectivity index (χ0n) is 13.2. The minimum Gasteiger partial charge on any atom is -0.396 e. The molecule has 1 unspecified atom stereocenters. The Bertz CT molecular complexity index is 785. The van der Waals surface area contributed by atoms with E-state index in [9.17, 15) is 9.90 Å². The van der Waals surface area contributed by atoms with Gasteiger partial charge in [-0.05, 0) is 30.2 Å². The van der Waals surface area contributed by atoms with Crippen LogP contribution in [0.15, 0.2) is 72.9 Å². The molecule has 3 aromatic rings. The molecule has 1 heterocycles. The predicted octanol–water partition coefficient (Wildman–Crippen LogP) is 2.73. The standard InChI is InChI=1S/C19H19N3O2/c23-14-12-17(15-7-3-1-4-8-15)20-19(24)18-11-13-22(21-18)16-9-5-2-6-10-16/h1-11,13,17,23H,12,14H2,(H,20,24). The average molecular weight is 321 g/mol. The van der Waals surface area contributed by atoms with Gasteiger partial charge < -0.3 is 10.4 Å². The van der Waals surface area contributed by atoms with Gasteiger partial charge in [0.25, 0.3) is 5.91 Å². The van der Waals surface area contributed by atoms with Gasteiger partial charge in [0, 0.05) is 12.8 Å². The molecule has 0 saturated heterocycles. The number of rotatable bonds is 6. The van der Waals surface area contributed by atoms with Crippen LogP contribution in [-0.2, 0) is 0 Å². The first-order chi connectivity index (χ1) is 11.8. The summed E-state index contributed by atoms with van der Waals surface area (Å²) in [7, 11) is 0. The molecule has 0 spiro atoms. The summed E-state index contributed by atoms with van der Waals surface area (Å²) in [6.45, 7) is -0.00169. The Morgan fingerprint density at radius 2 is 1.71 bits per heavy atom. The molecule has 0 aliphatic carbocycles. The molecular formula is C19H19N3O2. The molecule has 5 nitrogen and oxygen atoms in total. The van der Waals surface area contributed by atoms with E-state index in [4.69, 9.17) is 0 Å². The number of aliphatic hydroxyl groups is 1. The second kappa shape index (κ2) is 7.57. The van der Waals surface area contributed by atoms with Crippen molar-refractivity contribution in [1.29, 1.82) is 0 Å². The summed E-state index contributed by atoms with van der Waals surface area (Å²) >= 11 is 0. The van der Waals surface area contributed by atoms with Gasteiger partial charge in [-0.3, -0.25) is 4.79 Å². The lowest BCUT2D eigenvalue weighted by atomic mass is 10.0. The molecular weight excluding hydrogens is 302 g/mol. The van der Waals surface area contributed by atoms with Crippen molar-refractivity contribution in [3.05, 3.63) is 84.2 Å². The van der Waals surface area contributed by atoms with Gasteiger partial charge in [-0.1, -0.05) is 48.5 Å². The summed E-state index contributed by atoms with van der Waals surface area (Å²) in [5.74, 6) is -0.257. The van der Waals surface area contributed by atoms with E-state index >= 15 is 0 Å². The molecule has 1 amide bonds. The van der Waals surface area contributed by atoms with E-state index in [0.717, 1.165) is 11.3 Å². The topological polar surface area (TPSA) is 67.2 Å². The second-order valence-corrected chi connectivity index (χ2v) is 5.43. The molecule has 0 aliphatic rings. The van der Waals surface area contributed by atoms with Crippen molar-refractivity contribution in [2.24, 2.45) is 0 Å². The lowest BCUT2D eigenvalue weighted by Gasteiger charge is -2.17. The Morgan fingerprint density at radius 3 is 2.38 bits per heavy atom. The highest BCUT2D eigenvalue weighted by Crippen LogP contribution is 2.17. The number of aromatic nitrogens is 2. The van der Waals surface area contributed by atoms with E-state index in [1.54, 1.807) is 16.9 Å². The minimum absolute atomic E-state index is 0.00169. The van der Waals surface area contributed by atoms with Crippen LogP contribution in [0.3, 0.4) is 0 Å². The fraction of sp³-hybridized carbons (Fsp3) is 0.158. The zero-order valence-corrected chi connectivity index (χ0v) is 13.2. The number of hydrogen-bond donors (Lipinski definition) is 2. The largest absolute Gasteiger partial charge is 0.396 e. The third-order valence-corrected chi connectivity index (χ3v) is 3.77. The highest BCUT2D eigenvalue weighted by molar-refractivity contribution is 5.92. The van der Waals surface area contributed by atoms with Gasteiger partial charge in [-0.15, -0.1) is 0 Å². The maximum absolute atomic E-state index is 12.5. The third kappa shape index (κ3) is 3.70. The van der Waals surface area contributed by atoms with E-state index in [2.05, 4.69) is 10.4 Å². The van der Waals surface area contributed by atoms with Crippen molar-refractivity contribution in [3.8, 4) is 5.69 Å². The number of aliphatic hydroxyl groups excluding tert-OH is 1. The molecule has 0 aliphatic heterocycles. The van der Waals surface area contributed by atoms with Crippen LogP contribution < -0.4 is 5.32 Å². The molecule has 1 atom stereocenters. The lowest BCUT2D eigenvalue weighted by molar-refractivity contribution is 0.0924. The van der Waals surface area contributed by atoms with Crippen molar-refractivity contribution in [2.45, 2.75) is 12.5 Å². The predicted molar refractivity (Wildman–Crippen MR) is 91.9 cm³/mol. The monoisotopic (exact) mass is 321 g/mol. The SMILES string of the molecule is O=C(NC(CCO)c1ccccc1)c1ccn(-c2ccccc2)n1. The number of nitrogens with one attached hydrogen (secondary N) is 1. The maximum atomic E-state index is 12.5. The summed E-state index contributed by atoms with van der Waals surface area (Å²) in [6, 6.07) is 20.7. The van der Waals surface area contributed by atoms with Crippen LogP contribution in [0.2, 0.25) is 0 Å². The fourth-order valence-electron chi connectivity index (χ4n) is 2.54. The molecule has 24 heavy (non-hydrogen) atoms. The average Bonchev–Trinajstić information content (AvgIpc) is 3.13. The molecule has 0 bridgehead atoms. The van der Waals surface area contributed by atoms with Crippen molar-refractivity contribution in [3.63, 3.8) is 0 Å². The van der Waals surface area contributed by atoms with Crippen molar-refractivity contribution in [1.82, 2.24) is 15.1 Å². The quantitative estimate of drug-likeness (QED) is 0.733. The second-order valence-electron chi connectivity index (χ2n) is 5.43. The molecule has 3 rings (SSSR count). The van der Waals surface area contributed by atoms with Crippen molar-refractivity contribution in [2.75, 3.05) is 6.61 Å². The smallest absolute Gasteiger partial charge is 0.272 e. The number of hydrogen-bond acceptors (Lipinski definition) is 3. The summed E-state index contributed by atoms with van der Waals surface area (Å²) < 4.78 is 1.67. The first-order valence-electron chi connectivity index (χ1n) is 7.85. The Labute approximate surface area is 140 Å². The summed E-state index contributed by atoms with van der Waals surface area (Å²) in [5, 5.41) is 16.5. The molecule has 0 fully saturated rings. The van der Waals surface area contributed by atoms with Crippen LogP contribution in [0.4, 0.5) is 0 Å². The molecule has 0 saturated carbocycles. The fourth-order valence-corrected chi connectivity index (χ4v) is 2.54. The van der Waals surface area contributed by atoms with Crippen LogP contribution in [0.5, 0.6) is 0 Å². The molecule has 1 aromatic heterocycles. The number of amides is 1. The van der Waals surface area contributed by atoms with Gasteiger partial charge >= 0.3 is 0 Å². The molecule has 2 aromatic carbocycles.